The van der Waals surface area contributed by atoms with Crippen molar-refractivity contribution >= 4 is 11.8 Å². The van der Waals surface area contributed by atoms with Gasteiger partial charge in [-0.15, -0.1) is 0 Å². The molecular weight excluding hydrogens is 342 g/mol. The third kappa shape index (κ3) is 3.71. The fraction of sp³-hybridized carbons (Fsp3) is 0.381. The highest BCUT2D eigenvalue weighted by molar-refractivity contribution is 5.86. The molecule has 0 radical (unpaired) electrons. The number of rotatable bonds is 5. The Kier molecular flexibility index (Phi) is 4.90. The van der Waals surface area contributed by atoms with Crippen LogP contribution in [-0.2, 0) is 20.9 Å². The average Bonchev–Trinajstić information content (AvgIpc) is 3.52. The van der Waals surface area contributed by atoms with E-state index in [1.165, 1.54) is 0 Å². The number of carbonyl (C=O) groups is 2. The zero-order chi connectivity index (χ0) is 18.8. The summed E-state index contributed by atoms with van der Waals surface area (Å²) in [6.07, 6.45) is 4.60. The fourth-order valence-corrected chi connectivity index (χ4v) is 3.61. The van der Waals surface area contributed by atoms with Crippen molar-refractivity contribution in [3.05, 3.63) is 65.5 Å². The van der Waals surface area contributed by atoms with Gasteiger partial charge in [-0.3, -0.25) is 14.6 Å². The van der Waals surface area contributed by atoms with Gasteiger partial charge in [-0.25, -0.2) is 0 Å². The normalized spacial score (nSPS) is 22.6. The summed E-state index contributed by atoms with van der Waals surface area (Å²) in [5, 5.41) is 2.98. The fourth-order valence-electron chi connectivity index (χ4n) is 3.61. The average molecular weight is 365 g/mol. The lowest BCUT2D eigenvalue weighted by molar-refractivity contribution is -0.165. The number of hydrogen-bond acceptors (Lipinski definition) is 4. The summed E-state index contributed by atoms with van der Waals surface area (Å²) in [6.45, 7) is 2.39. The molecule has 2 fully saturated rings. The van der Waals surface area contributed by atoms with Crippen molar-refractivity contribution in [1.29, 1.82) is 0 Å². The molecule has 0 unspecified atom stereocenters. The van der Waals surface area contributed by atoms with Gasteiger partial charge in [-0.1, -0.05) is 30.3 Å². The summed E-state index contributed by atoms with van der Waals surface area (Å²) in [5.41, 5.74) is 3.02. The summed E-state index contributed by atoms with van der Waals surface area (Å²) in [7, 11) is 0. The number of aromatic nitrogens is 1. The molecule has 6 nitrogen and oxygen atoms in total. The van der Waals surface area contributed by atoms with Crippen molar-refractivity contribution < 1.29 is 14.3 Å². The topological polar surface area (TPSA) is 71.5 Å². The Balaban J connectivity index is 1.56. The van der Waals surface area contributed by atoms with Crippen LogP contribution in [0.5, 0.6) is 0 Å². The van der Waals surface area contributed by atoms with Gasteiger partial charge in [0.05, 0.1) is 6.04 Å². The van der Waals surface area contributed by atoms with E-state index in [9.17, 15) is 9.59 Å². The number of morpholine rings is 1. The van der Waals surface area contributed by atoms with Crippen molar-refractivity contribution in [2.45, 2.75) is 44.5 Å². The van der Waals surface area contributed by atoms with E-state index in [0.717, 1.165) is 29.5 Å². The van der Waals surface area contributed by atoms with Crippen LogP contribution in [0.15, 0.2) is 48.8 Å². The van der Waals surface area contributed by atoms with Crippen molar-refractivity contribution in [3.63, 3.8) is 0 Å². The van der Waals surface area contributed by atoms with E-state index in [-0.39, 0.29) is 24.5 Å². The lowest BCUT2D eigenvalue weighted by Crippen LogP contribution is -2.55. The zero-order valence-corrected chi connectivity index (χ0v) is 15.3. The van der Waals surface area contributed by atoms with Gasteiger partial charge in [0, 0.05) is 25.0 Å². The van der Waals surface area contributed by atoms with Crippen LogP contribution < -0.4 is 5.32 Å². The first-order chi connectivity index (χ1) is 13.1. The number of nitrogens with one attached hydrogen (secondary N) is 1. The van der Waals surface area contributed by atoms with E-state index >= 15 is 0 Å². The molecule has 4 rings (SSSR count). The molecule has 1 saturated heterocycles. The second kappa shape index (κ2) is 7.48. The van der Waals surface area contributed by atoms with Crippen LogP contribution in [0.2, 0.25) is 0 Å². The van der Waals surface area contributed by atoms with Gasteiger partial charge in [0.1, 0.15) is 6.61 Å². The number of benzene rings is 1. The van der Waals surface area contributed by atoms with Gasteiger partial charge in [0.2, 0.25) is 5.91 Å². The number of pyridine rings is 1. The molecule has 2 heterocycles. The standard InChI is InChI=1S/C21H23N3O3/c1-14-5-2-3-6-15(14)12-23-21(26)20-19(16-7-4-10-22-11-16)24(17-8-9-17)18(25)13-27-20/h2-7,10-11,17,19-20H,8-9,12-13H2,1H3,(H,23,26)/t19-,20+/m1/s1. The smallest absolute Gasteiger partial charge is 0.251 e. The Hall–Kier alpha value is -2.73. The van der Waals surface area contributed by atoms with Gasteiger partial charge in [-0.05, 0) is 42.5 Å². The van der Waals surface area contributed by atoms with Gasteiger partial charge in [0.25, 0.3) is 5.91 Å². The number of hydrogen-bond donors (Lipinski definition) is 1. The Morgan fingerprint density at radius 3 is 2.78 bits per heavy atom. The Labute approximate surface area is 158 Å². The first-order valence-corrected chi connectivity index (χ1v) is 9.30. The molecule has 2 aliphatic rings. The van der Waals surface area contributed by atoms with E-state index in [0.29, 0.717) is 6.54 Å². The van der Waals surface area contributed by atoms with Crippen molar-refractivity contribution in [2.24, 2.45) is 0 Å². The van der Waals surface area contributed by atoms with E-state index in [2.05, 4.69) is 10.3 Å². The minimum Gasteiger partial charge on any atom is -0.356 e. The maximum atomic E-state index is 13.0. The Morgan fingerprint density at radius 1 is 1.26 bits per heavy atom. The largest absolute Gasteiger partial charge is 0.356 e. The molecule has 27 heavy (non-hydrogen) atoms. The summed E-state index contributed by atoms with van der Waals surface area (Å²) in [4.78, 5) is 31.5. The highest BCUT2D eigenvalue weighted by Crippen LogP contribution is 2.39. The van der Waals surface area contributed by atoms with Crippen LogP contribution in [0.25, 0.3) is 0 Å². The maximum Gasteiger partial charge on any atom is 0.251 e. The monoisotopic (exact) mass is 365 g/mol. The molecule has 1 saturated carbocycles. The third-order valence-electron chi connectivity index (χ3n) is 5.20. The SMILES string of the molecule is Cc1ccccc1CNC(=O)[C@H]1OCC(=O)N(C2CC2)[C@@H]1c1cccnc1. The van der Waals surface area contributed by atoms with E-state index in [1.807, 2.05) is 48.2 Å². The molecule has 2 aromatic rings. The highest BCUT2D eigenvalue weighted by atomic mass is 16.5. The van der Waals surface area contributed by atoms with Crippen LogP contribution in [-0.4, -0.2) is 40.5 Å². The van der Waals surface area contributed by atoms with Crippen LogP contribution in [0.1, 0.15) is 35.6 Å². The molecule has 1 aliphatic heterocycles. The van der Waals surface area contributed by atoms with Crippen LogP contribution >= 0.6 is 0 Å². The van der Waals surface area contributed by atoms with Gasteiger partial charge in [0.15, 0.2) is 6.10 Å². The highest BCUT2D eigenvalue weighted by Gasteiger charge is 2.47. The summed E-state index contributed by atoms with van der Waals surface area (Å²) >= 11 is 0. The zero-order valence-electron chi connectivity index (χ0n) is 15.3. The molecule has 1 aromatic carbocycles. The molecule has 2 amide bonds. The number of aryl methyl sites for hydroxylation is 1. The lowest BCUT2D eigenvalue weighted by atomic mass is 9.98. The number of nitrogens with zero attached hydrogens (tertiary/aromatic N) is 2. The van der Waals surface area contributed by atoms with E-state index < -0.39 is 12.1 Å². The molecule has 1 aromatic heterocycles. The lowest BCUT2D eigenvalue weighted by Gasteiger charge is -2.40. The first-order valence-electron chi connectivity index (χ1n) is 9.30. The second-order valence-corrected chi connectivity index (χ2v) is 7.14. The van der Waals surface area contributed by atoms with Crippen molar-refractivity contribution in [1.82, 2.24) is 15.2 Å². The summed E-state index contributed by atoms with van der Waals surface area (Å²) < 4.78 is 5.71. The van der Waals surface area contributed by atoms with Crippen molar-refractivity contribution in [3.8, 4) is 0 Å². The van der Waals surface area contributed by atoms with Crippen LogP contribution in [0.3, 0.4) is 0 Å². The number of ether oxygens (including phenoxy) is 1. The minimum absolute atomic E-state index is 0.0598. The van der Waals surface area contributed by atoms with E-state index in [1.54, 1.807) is 12.4 Å². The van der Waals surface area contributed by atoms with Crippen molar-refractivity contribution in [2.75, 3.05) is 6.61 Å². The summed E-state index contributed by atoms with van der Waals surface area (Å²) in [6, 6.07) is 11.4. The molecule has 6 heteroatoms. The molecule has 2 atom stereocenters. The Bertz CT molecular complexity index is 836. The number of amides is 2. The predicted octanol–water partition coefficient (Wildman–Crippen LogP) is 2.14. The van der Waals surface area contributed by atoms with Crippen LogP contribution in [0.4, 0.5) is 0 Å². The van der Waals surface area contributed by atoms with Gasteiger partial charge >= 0.3 is 0 Å². The molecule has 1 aliphatic carbocycles. The van der Waals surface area contributed by atoms with Crippen LogP contribution in [0, 0.1) is 6.92 Å². The summed E-state index contributed by atoms with van der Waals surface area (Å²) in [5.74, 6) is -0.264. The van der Waals surface area contributed by atoms with Gasteiger partial charge < -0.3 is 15.0 Å². The van der Waals surface area contributed by atoms with Gasteiger partial charge in [-0.2, -0.15) is 0 Å². The maximum absolute atomic E-state index is 13.0. The molecule has 0 bridgehead atoms. The Morgan fingerprint density at radius 2 is 2.07 bits per heavy atom. The number of carbonyl (C=O) groups excluding carboxylic acids is 2. The predicted molar refractivity (Wildman–Crippen MR) is 99.6 cm³/mol. The third-order valence-corrected chi connectivity index (χ3v) is 5.20. The molecule has 1 N–H and O–H groups in total. The first kappa shape index (κ1) is 17.7. The molecule has 140 valence electrons. The molecular formula is C21H23N3O3. The second-order valence-electron chi connectivity index (χ2n) is 7.14. The quantitative estimate of drug-likeness (QED) is 0.881. The minimum atomic E-state index is -0.739. The molecule has 0 spiro atoms. The van der Waals surface area contributed by atoms with E-state index in [4.69, 9.17) is 4.74 Å².